The molecule has 0 unspecified atom stereocenters. The van der Waals surface area contributed by atoms with Crippen LogP contribution in [0.1, 0.15) is 77.0 Å². The van der Waals surface area contributed by atoms with Crippen LogP contribution in [0.2, 0.25) is 0 Å². The van der Waals surface area contributed by atoms with E-state index in [2.05, 4.69) is 34.3 Å². The Kier molecular flexibility index (Phi) is 6.51. The van der Waals surface area contributed by atoms with E-state index in [-0.39, 0.29) is 23.4 Å². The van der Waals surface area contributed by atoms with Crippen LogP contribution < -0.4 is 16.0 Å². The standard InChI is InChI=1S/C28H34N6O2/c1-17-22(15-24(35)21-10-8-20(9-11-21)19-6-7-19)5-4-13-34(17)25-16-30-26(27(29)36)28(32-25)31-23-12-14-33(3)18(23)2/h8-12,14,16-17,19,22H,4-7,13,15H2,1-3H3,(H2,29,36)(H,31,32)/t17-,22+/m1/s1. The number of nitrogens with one attached hydrogen (secondary N) is 1. The molecular formula is C28H34N6O2. The van der Waals surface area contributed by atoms with Crippen molar-refractivity contribution in [1.82, 2.24) is 14.5 Å². The number of Topliss-reactive ketones (excluding diaryl/α,β-unsaturated/α-hetero) is 1. The Morgan fingerprint density at radius 1 is 1.14 bits per heavy atom. The summed E-state index contributed by atoms with van der Waals surface area (Å²) in [6, 6.07) is 10.2. The molecule has 3 N–H and O–H groups in total. The highest BCUT2D eigenvalue weighted by atomic mass is 16.1. The first-order valence-electron chi connectivity index (χ1n) is 12.8. The van der Waals surface area contributed by atoms with Gasteiger partial charge in [0, 0.05) is 43.5 Å². The van der Waals surface area contributed by atoms with Crippen molar-refractivity contribution >= 4 is 29.0 Å². The molecule has 2 fully saturated rings. The first-order valence-corrected chi connectivity index (χ1v) is 12.8. The number of carbonyl (C=O) groups is 2. The van der Waals surface area contributed by atoms with E-state index in [4.69, 9.17) is 10.7 Å². The summed E-state index contributed by atoms with van der Waals surface area (Å²) >= 11 is 0. The maximum Gasteiger partial charge on any atom is 0.271 e. The highest BCUT2D eigenvalue weighted by Crippen LogP contribution is 2.40. The number of rotatable bonds is 8. The molecule has 2 aromatic heterocycles. The molecule has 8 nitrogen and oxygen atoms in total. The number of amides is 1. The predicted octanol–water partition coefficient (Wildman–Crippen LogP) is 4.72. The van der Waals surface area contributed by atoms with Gasteiger partial charge in [-0.2, -0.15) is 0 Å². The van der Waals surface area contributed by atoms with Gasteiger partial charge in [0.1, 0.15) is 5.82 Å². The summed E-state index contributed by atoms with van der Waals surface area (Å²) in [6.07, 6.45) is 8.52. The minimum Gasteiger partial charge on any atom is -0.364 e. The number of aryl methyl sites for hydroxylation is 1. The molecule has 1 saturated heterocycles. The molecule has 1 saturated carbocycles. The average Bonchev–Trinajstić information content (AvgIpc) is 3.68. The second-order valence-electron chi connectivity index (χ2n) is 10.2. The molecule has 0 spiro atoms. The Hall–Kier alpha value is -3.68. The lowest BCUT2D eigenvalue weighted by atomic mass is 9.85. The van der Waals surface area contributed by atoms with Crippen LogP contribution >= 0.6 is 0 Å². The molecule has 1 aliphatic heterocycles. The van der Waals surface area contributed by atoms with Gasteiger partial charge in [0.05, 0.1) is 11.9 Å². The number of ketones is 1. The maximum atomic E-state index is 13.1. The van der Waals surface area contributed by atoms with Crippen LogP contribution in [-0.2, 0) is 7.05 Å². The highest BCUT2D eigenvalue weighted by Gasteiger charge is 2.32. The van der Waals surface area contributed by atoms with E-state index in [1.807, 2.05) is 42.9 Å². The van der Waals surface area contributed by atoms with E-state index < -0.39 is 5.91 Å². The molecule has 36 heavy (non-hydrogen) atoms. The number of piperidine rings is 1. The molecule has 5 rings (SSSR count). The summed E-state index contributed by atoms with van der Waals surface area (Å²) < 4.78 is 1.98. The van der Waals surface area contributed by atoms with E-state index in [0.29, 0.717) is 24.0 Å². The molecule has 2 atom stereocenters. The Bertz CT molecular complexity index is 1280. The van der Waals surface area contributed by atoms with Gasteiger partial charge in [0.15, 0.2) is 17.3 Å². The minimum absolute atomic E-state index is 0.105. The van der Waals surface area contributed by atoms with E-state index in [0.717, 1.165) is 36.3 Å². The van der Waals surface area contributed by atoms with Crippen LogP contribution in [0.3, 0.4) is 0 Å². The van der Waals surface area contributed by atoms with Gasteiger partial charge in [-0.3, -0.25) is 9.59 Å². The number of carbonyl (C=O) groups excluding carboxylic acids is 2. The van der Waals surface area contributed by atoms with E-state index in [9.17, 15) is 9.59 Å². The first kappa shape index (κ1) is 24.0. The van der Waals surface area contributed by atoms with Crippen LogP contribution in [0, 0.1) is 12.8 Å². The molecular weight excluding hydrogens is 452 g/mol. The van der Waals surface area contributed by atoms with Gasteiger partial charge in [-0.15, -0.1) is 0 Å². The number of nitrogens with zero attached hydrogens (tertiary/aromatic N) is 4. The van der Waals surface area contributed by atoms with Gasteiger partial charge in [-0.1, -0.05) is 24.3 Å². The molecule has 8 heteroatoms. The topological polar surface area (TPSA) is 106 Å². The normalized spacial score (nSPS) is 19.8. The molecule has 3 aromatic rings. The average molecular weight is 487 g/mol. The van der Waals surface area contributed by atoms with Crippen molar-refractivity contribution in [2.75, 3.05) is 16.8 Å². The zero-order valence-electron chi connectivity index (χ0n) is 21.2. The van der Waals surface area contributed by atoms with Crippen LogP contribution in [0.25, 0.3) is 0 Å². The third kappa shape index (κ3) is 4.85. The summed E-state index contributed by atoms with van der Waals surface area (Å²) in [7, 11) is 1.95. The van der Waals surface area contributed by atoms with E-state index in [1.165, 1.54) is 18.4 Å². The Morgan fingerprint density at radius 3 is 2.53 bits per heavy atom. The zero-order chi connectivity index (χ0) is 25.4. The quantitative estimate of drug-likeness (QED) is 0.446. The highest BCUT2D eigenvalue weighted by molar-refractivity contribution is 5.97. The summed E-state index contributed by atoms with van der Waals surface area (Å²) in [5, 5.41) is 3.24. The largest absolute Gasteiger partial charge is 0.364 e. The Morgan fingerprint density at radius 2 is 1.89 bits per heavy atom. The SMILES string of the molecule is Cc1c(Nc2nc(N3CCC[C@@H](CC(=O)c4ccc(C5CC5)cc4)[C@H]3C)cnc2C(N)=O)ccn1C. The van der Waals surface area contributed by atoms with Crippen molar-refractivity contribution in [3.63, 3.8) is 0 Å². The number of hydrogen-bond donors (Lipinski definition) is 2. The number of hydrogen-bond acceptors (Lipinski definition) is 6. The zero-order valence-corrected chi connectivity index (χ0v) is 21.2. The van der Waals surface area contributed by atoms with Gasteiger partial charge in [0.25, 0.3) is 5.91 Å². The van der Waals surface area contributed by atoms with Gasteiger partial charge in [0.2, 0.25) is 0 Å². The van der Waals surface area contributed by atoms with E-state index >= 15 is 0 Å². The van der Waals surface area contributed by atoms with Gasteiger partial charge < -0.3 is 20.5 Å². The predicted molar refractivity (Wildman–Crippen MR) is 141 cm³/mol. The number of benzene rings is 1. The van der Waals surface area contributed by atoms with Crippen LogP contribution in [-0.4, -0.2) is 38.8 Å². The minimum atomic E-state index is -0.631. The van der Waals surface area contributed by atoms with Crippen molar-refractivity contribution < 1.29 is 9.59 Å². The molecule has 188 valence electrons. The van der Waals surface area contributed by atoms with Gasteiger partial charge in [-0.05, 0) is 63.0 Å². The third-order valence-electron chi connectivity index (χ3n) is 7.80. The Balaban J connectivity index is 1.33. The Labute approximate surface area is 211 Å². The number of nitrogens with two attached hydrogens (primary N) is 1. The third-order valence-corrected chi connectivity index (χ3v) is 7.80. The summed E-state index contributed by atoms with van der Waals surface area (Å²) in [5.74, 6) is 1.47. The fraction of sp³-hybridized carbons (Fsp3) is 0.429. The van der Waals surface area contributed by atoms with Crippen molar-refractivity contribution in [2.24, 2.45) is 18.7 Å². The smallest absolute Gasteiger partial charge is 0.271 e. The monoisotopic (exact) mass is 486 g/mol. The summed E-state index contributed by atoms with van der Waals surface area (Å²) in [5.41, 5.74) is 9.68. The lowest BCUT2D eigenvalue weighted by Crippen LogP contribution is -2.44. The van der Waals surface area contributed by atoms with Crippen molar-refractivity contribution in [3.05, 3.63) is 65.2 Å². The molecule has 2 aliphatic rings. The second kappa shape index (κ2) is 9.76. The molecule has 1 amide bonds. The van der Waals surface area contributed by atoms with Gasteiger partial charge in [-0.25, -0.2) is 9.97 Å². The molecule has 1 aromatic carbocycles. The van der Waals surface area contributed by atoms with Gasteiger partial charge >= 0.3 is 0 Å². The van der Waals surface area contributed by atoms with Crippen molar-refractivity contribution in [3.8, 4) is 0 Å². The molecule has 0 bridgehead atoms. The fourth-order valence-corrected chi connectivity index (χ4v) is 5.19. The number of primary amides is 1. The van der Waals surface area contributed by atoms with Crippen LogP contribution in [0.15, 0.2) is 42.7 Å². The first-order chi connectivity index (χ1) is 17.3. The van der Waals surface area contributed by atoms with Crippen molar-refractivity contribution in [1.29, 1.82) is 0 Å². The number of aromatic nitrogens is 3. The molecule has 1 aliphatic carbocycles. The fourth-order valence-electron chi connectivity index (χ4n) is 5.19. The maximum absolute atomic E-state index is 13.1. The summed E-state index contributed by atoms with van der Waals surface area (Å²) in [4.78, 5) is 36.5. The lowest BCUT2D eigenvalue weighted by molar-refractivity contribution is 0.0944. The second-order valence-corrected chi connectivity index (χ2v) is 10.2. The van der Waals surface area contributed by atoms with E-state index in [1.54, 1.807) is 6.20 Å². The molecule has 3 heterocycles. The molecule has 0 radical (unpaired) electrons. The lowest BCUT2D eigenvalue weighted by Gasteiger charge is -2.40. The summed E-state index contributed by atoms with van der Waals surface area (Å²) in [6.45, 7) is 4.94. The van der Waals surface area contributed by atoms with Crippen molar-refractivity contribution in [2.45, 2.75) is 57.9 Å². The van der Waals surface area contributed by atoms with Crippen LogP contribution in [0.4, 0.5) is 17.3 Å². The number of anilines is 3. The van der Waals surface area contributed by atoms with Crippen LogP contribution in [0.5, 0.6) is 0 Å².